The highest BCUT2D eigenvalue weighted by Crippen LogP contribution is 2.60. The second-order valence-electron chi connectivity index (χ2n) is 9.31. The number of aryl methyl sites for hydroxylation is 1. The van der Waals surface area contributed by atoms with Gasteiger partial charge in [-0.05, 0) is 49.3 Å². The molecule has 7 nitrogen and oxygen atoms in total. The highest BCUT2D eigenvalue weighted by atomic mass is 35.5. The van der Waals surface area contributed by atoms with Gasteiger partial charge in [-0.1, -0.05) is 11.6 Å². The number of imidazole rings is 1. The average molecular weight is 540 g/mol. The number of hydrogen-bond donors (Lipinski definition) is 2. The van der Waals surface area contributed by atoms with E-state index in [0.29, 0.717) is 24.4 Å². The number of hydrogen-bond acceptors (Lipinski definition) is 5. The Morgan fingerprint density at radius 1 is 1.14 bits per heavy atom. The van der Waals surface area contributed by atoms with Gasteiger partial charge in [0.25, 0.3) is 5.91 Å². The van der Waals surface area contributed by atoms with Gasteiger partial charge in [0.05, 0.1) is 15.2 Å². The van der Waals surface area contributed by atoms with E-state index in [1.165, 1.54) is 12.1 Å². The number of fused-ring (bicyclic) bond motifs is 2. The molecule has 12 heteroatoms. The van der Waals surface area contributed by atoms with Crippen LogP contribution in [-0.4, -0.2) is 34.2 Å². The first kappa shape index (κ1) is 24.8. The lowest BCUT2D eigenvalue weighted by Gasteiger charge is -2.57. The quantitative estimate of drug-likeness (QED) is 0.473. The summed E-state index contributed by atoms with van der Waals surface area (Å²) in [7, 11) is -2.22. The van der Waals surface area contributed by atoms with E-state index < -0.39 is 44.0 Å². The molecule has 0 aliphatic heterocycles. The maximum absolute atomic E-state index is 13.5. The first-order valence-corrected chi connectivity index (χ1v) is 13.0. The van der Waals surface area contributed by atoms with Crippen molar-refractivity contribution in [2.24, 2.45) is 18.9 Å². The SMILES string of the molecule is Cn1ccnc1C1(O)C2CC1CC(S(=O)(=O)c1cc(C(=O)Nc3cc(F)c(F)c(F)c3)ccc1Cl)C2. The predicted molar refractivity (Wildman–Crippen MR) is 125 cm³/mol. The molecule has 3 aromatic rings. The zero-order chi connectivity index (χ0) is 26.0. The molecule has 0 spiro atoms. The van der Waals surface area contributed by atoms with E-state index in [-0.39, 0.29) is 45.8 Å². The van der Waals surface area contributed by atoms with Crippen LogP contribution in [0.1, 0.15) is 35.4 Å². The molecule has 3 fully saturated rings. The maximum atomic E-state index is 13.5. The van der Waals surface area contributed by atoms with E-state index in [1.54, 1.807) is 24.0 Å². The lowest BCUT2D eigenvalue weighted by molar-refractivity contribution is -0.190. The van der Waals surface area contributed by atoms with E-state index >= 15 is 0 Å². The van der Waals surface area contributed by atoms with Crippen molar-refractivity contribution < 1.29 is 31.5 Å². The van der Waals surface area contributed by atoms with Crippen molar-refractivity contribution in [1.82, 2.24) is 9.55 Å². The summed E-state index contributed by atoms with van der Waals surface area (Å²) in [4.78, 5) is 16.7. The lowest BCUT2D eigenvalue weighted by Crippen LogP contribution is -2.60. The van der Waals surface area contributed by atoms with Gasteiger partial charge in [0.15, 0.2) is 27.3 Å². The molecule has 1 amide bonds. The molecule has 3 aliphatic carbocycles. The zero-order valence-electron chi connectivity index (χ0n) is 18.9. The summed E-state index contributed by atoms with van der Waals surface area (Å²) < 4.78 is 69.0. The molecule has 0 radical (unpaired) electrons. The van der Waals surface area contributed by atoms with Gasteiger partial charge in [-0.25, -0.2) is 26.6 Å². The van der Waals surface area contributed by atoms with Gasteiger partial charge in [0.1, 0.15) is 11.4 Å². The van der Waals surface area contributed by atoms with Gasteiger partial charge in [0, 0.05) is 42.8 Å². The van der Waals surface area contributed by atoms with Crippen LogP contribution >= 0.6 is 11.6 Å². The van der Waals surface area contributed by atoms with Crippen molar-refractivity contribution >= 4 is 33.0 Å². The van der Waals surface area contributed by atoms with Crippen LogP contribution in [0, 0.1) is 29.3 Å². The number of sulfone groups is 1. The van der Waals surface area contributed by atoms with E-state index in [1.807, 2.05) is 0 Å². The standard InChI is InChI=1S/C24H21ClF3N3O4S/c1-31-5-4-29-23(31)24(33)13-7-14(24)9-16(8-13)36(34,35)20-6-12(2-3-17(20)25)22(32)30-15-10-18(26)21(28)19(27)11-15/h2-6,10-11,13-14,16,33H,7-9H2,1H3,(H,30,32). The Labute approximate surface area is 209 Å². The summed E-state index contributed by atoms with van der Waals surface area (Å²) in [5.74, 6) is -5.59. The first-order valence-electron chi connectivity index (χ1n) is 11.1. The number of rotatable bonds is 5. The summed E-state index contributed by atoms with van der Waals surface area (Å²) in [5.41, 5.74) is -1.65. The minimum absolute atomic E-state index is 0.0796. The number of anilines is 1. The molecule has 2 unspecified atom stereocenters. The monoisotopic (exact) mass is 539 g/mol. The number of nitrogens with one attached hydrogen (secondary N) is 1. The van der Waals surface area contributed by atoms with Gasteiger partial charge in [0.2, 0.25) is 0 Å². The van der Waals surface area contributed by atoms with E-state index in [4.69, 9.17) is 11.6 Å². The molecule has 6 rings (SSSR count). The Bertz CT molecular complexity index is 1460. The largest absolute Gasteiger partial charge is 0.381 e. The molecular formula is C24H21ClF3N3O4S. The summed E-state index contributed by atoms with van der Waals surface area (Å²) in [6.07, 6.45) is 4.38. The summed E-state index contributed by atoms with van der Waals surface area (Å²) >= 11 is 6.22. The number of benzene rings is 2. The average Bonchev–Trinajstić information content (AvgIpc) is 3.28. The third-order valence-corrected chi connectivity index (χ3v) is 9.92. The molecule has 190 valence electrons. The number of amides is 1. The van der Waals surface area contributed by atoms with Gasteiger partial charge < -0.3 is 15.0 Å². The molecular weight excluding hydrogens is 519 g/mol. The van der Waals surface area contributed by atoms with E-state index in [0.717, 1.165) is 6.07 Å². The van der Waals surface area contributed by atoms with Gasteiger partial charge in [-0.3, -0.25) is 4.79 Å². The number of aliphatic hydroxyl groups is 1. The third kappa shape index (κ3) is 3.80. The van der Waals surface area contributed by atoms with Crippen molar-refractivity contribution in [3.05, 3.63) is 76.6 Å². The predicted octanol–water partition coefficient (Wildman–Crippen LogP) is 4.20. The highest BCUT2D eigenvalue weighted by Gasteiger charge is 2.62. The minimum Gasteiger partial charge on any atom is -0.381 e. The van der Waals surface area contributed by atoms with E-state index in [2.05, 4.69) is 10.3 Å². The smallest absolute Gasteiger partial charge is 0.255 e. The summed E-state index contributed by atoms with van der Waals surface area (Å²) in [5, 5.41) is 12.6. The molecule has 36 heavy (non-hydrogen) atoms. The number of nitrogens with zero attached hydrogens (tertiary/aromatic N) is 2. The fraction of sp³-hybridized carbons (Fsp3) is 0.333. The van der Waals surface area contributed by atoms with Crippen molar-refractivity contribution in [1.29, 1.82) is 0 Å². The van der Waals surface area contributed by atoms with Crippen LogP contribution in [-0.2, 0) is 22.5 Å². The number of halogens is 4. The Hall–Kier alpha value is -2.89. The molecule has 0 saturated heterocycles. The topological polar surface area (TPSA) is 101 Å². The van der Waals surface area contributed by atoms with Crippen molar-refractivity contribution in [3.63, 3.8) is 0 Å². The number of carbonyl (C=O) groups excluding carboxylic acids is 1. The Morgan fingerprint density at radius 3 is 2.36 bits per heavy atom. The molecule has 1 aromatic heterocycles. The fourth-order valence-electron chi connectivity index (χ4n) is 5.40. The van der Waals surface area contributed by atoms with Crippen LogP contribution in [0.15, 0.2) is 47.6 Å². The summed E-state index contributed by atoms with van der Waals surface area (Å²) in [6, 6.07) is 4.85. The molecule has 3 aliphatic rings. The Morgan fingerprint density at radius 2 is 1.78 bits per heavy atom. The van der Waals surface area contributed by atoms with Gasteiger partial charge >= 0.3 is 0 Å². The molecule has 3 saturated carbocycles. The molecule has 2 N–H and O–H groups in total. The van der Waals surface area contributed by atoms with Crippen molar-refractivity contribution in [2.75, 3.05) is 5.32 Å². The second kappa shape index (κ2) is 8.60. The molecule has 2 atom stereocenters. The van der Waals surface area contributed by atoms with Crippen LogP contribution in [0.3, 0.4) is 0 Å². The van der Waals surface area contributed by atoms with Gasteiger partial charge in [-0.15, -0.1) is 0 Å². The second-order valence-corrected chi connectivity index (χ2v) is 11.9. The normalized spacial score (nSPS) is 25.3. The highest BCUT2D eigenvalue weighted by molar-refractivity contribution is 7.92. The fourth-order valence-corrected chi connectivity index (χ4v) is 7.80. The van der Waals surface area contributed by atoms with Crippen LogP contribution in [0.5, 0.6) is 0 Å². The minimum atomic E-state index is -3.99. The number of aromatic nitrogens is 2. The summed E-state index contributed by atoms with van der Waals surface area (Å²) in [6.45, 7) is 0. The molecule has 2 aromatic carbocycles. The number of carbonyl (C=O) groups is 1. The maximum Gasteiger partial charge on any atom is 0.255 e. The van der Waals surface area contributed by atoms with Crippen molar-refractivity contribution in [3.8, 4) is 0 Å². The van der Waals surface area contributed by atoms with Crippen LogP contribution in [0.25, 0.3) is 0 Å². The zero-order valence-corrected chi connectivity index (χ0v) is 20.5. The molecule has 2 bridgehead atoms. The van der Waals surface area contributed by atoms with Gasteiger partial charge in [-0.2, -0.15) is 0 Å². The van der Waals surface area contributed by atoms with Crippen LogP contribution in [0.2, 0.25) is 5.02 Å². The lowest BCUT2D eigenvalue weighted by atomic mass is 9.53. The molecule has 1 heterocycles. The first-order chi connectivity index (χ1) is 16.9. The van der Waals surface area contributed by atoms with Crippen LogP contribution < -0.4 is 5.32 Å². The van der Waals surface area contributed by atoms with Crippen LogP contribution in [0.4, 0.5) is 18.9 Å². The van der Waals surface area contributed by atoms with Crippen molar-refractivity contribution in [2.45, 2.75) is 35.0 Å². The third-order valence-electron chi connectivity index (χ3n) is 7.27. The van der Waals surface area contributed by atoms with E-state index in [9.17, 15) is 31.5 Å². The Kier molecular flexibility index (Phi) is 5.92. The Balaban J connectivity index is 1.39.